The maximum absolute atomic E-state index is 13.6. The molecule has 32 heavy (non-hydrogen) atoms. The second-order valence-corrected chi connectivity index (χ2v) is 8.21. The summed E-state index contributed by atoms with van der Waals surface area (Å²) in [7, 11) is 0. The molecule has 0 aliphatic carbocycles. The Labute approximate surface area is 185 Å². The zero-order valence-corrected chi connectivity index (χ0v) is 17.6. The van der Waals surface area contributed by atoms with Gasteiger partial charge in [-0.25, -0.2) is 14.4 Å². The molecule has 11 heteroatoms. The van der Waals surface area contributed by atoms with E-state index in [1.807, 2.05) is 0 Å². The van der Waals surface area contributed by atoms with Crippen LogP contribution in [0.5, 0.6) is 0 Å². The van der Waals surface area contributed by atoms with Crippen LogP contribution in [-0.4, -0.2) is 31.1 Å². The Morgan fingerprint density at radius 3 is 2.62 bits per heavy atom. The number of aryl methyl sites for hydroxylation is 1. The van der Waals surface area contributed by atoms with E-state index in [9.17, 15) is 27.5 Å². The number of anilines is 1. The van der Waals surface area contributed by atoms with Crippen LogP contribution in [0.15, 0.2) is 42.7 Å². The predicted molar refractivity (Wildman–Crippen MR) is 108 cm³/mol. The summed E-state index contributed by atoms with van der Waals surface area (Å²) >= 11 is 5.88. The van der Waals surface area contributed by atoms with E-state index < -0.39 is 35.1 Å². The van der Waals surface area contributed by atoms with Crippen LogP contribution in [0.4, 0.5) is 23.4 Å². The molecule has 1 aliphatic rings. The number of imidazole rings is 1. The summed E-state index contributed by atoms with van der Waals surface area (Å²) in [5, 5.41) is 10.9. The molecule has 2 unspecified atom stereocenters. The smallest absolute Gasteiger partial charge is 0.387 e. The first kappa shape index (κ1) is 22.2. The summed E-state index contributed by atoms with van der Waals surface area (Å²) in [6.07, 6.45) is -2.09. The lowest BCUT2D eigenvalue weighted by Gasteiger charge is -2.31. The molecule has 0 saturated carbocycles. The quantitative estimate of drug-likeness (QED) is 0.570. The van der Waals surface area contributed by atoms with Gasteiger partial charge in [-0.15, -0.1) is 0 Å². The SMILES string of the molecule is Cc1cc(C(F)(F)F)cc(N2C(=O)CC(C)(O)C2c2nccn2-c2ccc(F)c(Cl)c2)n1. The summed E-state index contributed by atoms with van der Waals surface area (Å²) in [6, 6.07) is 4.39. The highest BCUT2D eigenvalue weighted by Crippen LogP contribution is 2.44. The highest BCUT2D eigenvalue weighted by atomic mass is 35.5. The van der Waals surface area contributed by atoms with Gasteiger partial charge in [0.25, 0.3) is 0 Å². The third-order valence-electron chi connectivity index (χ3n) is 5.23. The molecule has 168 valence electrons. The third kappa shape index (κ3) is 3.84. The van der Waals surface area contributed by atoms with Crippen molar-refractivity contribution >= 4 is 23.3 Å². The van der Waals surface area contributed by atoms with E-state index in [1.54, 1.807) is 0 Å². The summed E-state index contributed by atoms with van der Waals surface area (Å²) in [5.74, 6) is -1.35. The predicted octanol–water partition coefficient (Wildman–Crippen LogP) is 4.62. The minimum absolute atomic E-state index is 0.0570. The van der Waals surface area contributed by atoms with E-state index in [2.05, 4.69) is 9.97 Å². The zero-order chi connectivity index (χ0) is 23.4. The Kier molecular flexibility index (Phi) is 5.25. The number of amides is 1. The van der Waals surface area contributed by atoms with Gasteiger partial charge in [0.15, 0.2) is 0 Å². The first-order valence-corrected chi connectivity index (χ1v) is 9.85. The van der Waals surface area contributed by atoms with E-state index in [4.69, 9.17) is 11.6 Å². The highest BCUT2D eigenvalue weighted by Gasteiger charge is 2.52. The number of pyridine rings is 1. The van der Waals surface area contributed by atoms with Crippen molar-refractivity contribution in [1.29, 1.82) is 0 Å². The Hall–Kier alpha value is -2.98. The van der Waals surface area contributed by atoms with Crippen LogP contribution in [0.2, 0.25) is 5.02 Å². The molecular weight excluding hydrogens is 452 g/mol. The van der Waals surface area contributed by atoms with Gasteiger partial charge >= 0.3 is 6.18 Å². The maximum Gasteiger partial charge on any atom is 0.416 e. The Morgan fingerprint density at radius 1 is 1.25 bits per heavy atom. The average Bonchev–Trinajstić information content (AvgIpc) is 3.23. The molecule has 0 radical (unpaired) electrons. The molecule has 1 saturated heterocycles. The molecule has 6 nitrogen and oxygen atoms in total. The number of alkyl halides is 3. The van der Waals surface area contributed by atoms with Crippen molar-refractivity contribution in [3.8, 4) is 5.69 Å². The van der Waals surface area contributed by atoms with Gasteiger partial charge in [0.1, 0.15) is 23.5 Å². The molecule has 1 fully saturated rings. The lowest BCUT2D eigenvalue weighted by Crippen LogP contribution is -2.38. The van der Waals surface area contributed by atoms with E-state index in [1.165, 1.54) is 42.9 Å². The lowest BCUT2D eigenvalue weighted by molar-refractivity contribution is -0.137. The summed E-state index contributed by atoms with van der Waals surface area (Å²) < 4.78 is 55.2. The molecule has 3 aromatic rings. The topological polar surface area (TPSA) is 71.2 Å². The van der Waals surface area contributed by atoms with E-state index in [0.717, 1.165) is 23.1 Å². The van der Waals surface area contributed by atoms with Gasteiger partial charge in [0.05, 0.1) is 22.6 Å². The Bertz CT molecular complexity index is 1210. The lowest BCUT2D eigenvalue weighted by atomic mass is 9.96. The van der Waals surface area contributed by atoms with Crippen molar-refractivity contribution in [3.63, 3.8) is 0 Å². The standard InChI is InChI=1S/C21H17ClF4N4O2/c1-11-7-12(21(24,25)26)8-16(28-11)30-17(31)10-20(2,32)18(30)19-27-5-6-29(19)13-3-4-15(23)14(22)9-13/h3-9,18,32H,10H2,1-2H3. The third-order valence-corrected chi connectivity index (χ3v) is 5.52. The van der Waals surface area contributed by atoms with Crippen LogP contribution in [0.25, 0.3) is 5.69 Å². The Balaban J connectivity index is 1.87. The normalized spacial score (nSPS) is 21.4. The van der Waals surface area contributed by atoms with Gasteiger partial charge in [-0.3, -0.25) is 9.69 Å². The number of rotatable bonds is 3. The van der Waals surface area contributed by atoms with Crippen molar-refractivity contribution < 1.29 is 27.5 Å². The van der Waals surface area contributed by atoms with Crippen LogP contribution < -0.4 is 4.90 Å². The Morgan fingerprint density at radius 2 is 1.97 bits per heavy atom. The molecule has 1 N–H and O–H groups in total. The fraction of sp³-hybridized carbons (Fsp3) is 0.286. The molecular formula is C21H17ClF4N4O2. The fourth-order valence-electron chi connectivity index (χ4n) is 3.87. The number of benzene rings is 1. The number of nitrogens with zero attached hydrogens (tertiary/aromatic N) is 4. The number of aromatic nitrogens is 3. The largest absolute Gasteiger partial charge is 0.416 e. The molecule has 1 aliphatic heterocycles. The number of carbonyl (C=O) groups excluding carboxylic acids is 1. The van der Waals surface area contributed by atoms with Gasteiger partial charge in [-0.1, -0.05) is 11.6 Å². The minimum atomic E-state index is -4.65. The number of halogens is 5. The number of hydrogen-bond donors (Lipinski definition) is 1. The first-order chi connectivity index (χ1) is 14.9. The van der Waals surface area contributed by atoms with Crippen LogP contribution >= 0.6 is 11.6 Å². The monoisotopic (exact) mass is 468 g/mol. The van der Waals surface area contributed by atoms with Crippen molar-refractivity contribution in [3.05, 3.63) is 70.6 Å². The van der Waals surface area contributed by atoms with Crippen LogP contribution in [0.3, 0.4) is 0 Å². The van der Waals surface area contributed by atoms with Crippen molar-refractivity contribution in [1.82, 2.24) is 14.5 Å². The van der Waals surface area contributed by atoms with Crippen molar-refractivity contribution in [2.24, 2.45) is 0 Å². The molecule has 2 atom stereocenters. The highest BCUT2D eigenvalue weighted by molar-refractivity contribution is 6.30. The minimum Gasteiger partial charge on any atom is -0.387 e. The maximum atomic E-state index is 13.6. The van der Waals surface area contributed by atoms with Crippen molar-refractivity contribution in [2.45, 2.75) is 38.1 Å². The zero-order valence-electron chi connectivity index (χ0n) is 16.9. The van der Waals surface area contributed by atoms with Gasteiger partial charge in [-0.05, 0) is 44.2 Å². The molecule has 0 spiro atoms. The second-order valence-electron chi connectivity index (χ2n) is 7.81. The van der Waals surface area contributed by atoms with Crippen LogP contribution in [0.1, 0.15) is 36.5 Å². The number of hydrogen-bond acceptors (Lipinski definition) is 4. The van der Waals surface area contributed by atoms with Crippen LogP contribution in [-0.2, 0) is 11.0 Å². The molecule has 3 heterocycles. The molecule has 4 rings (SSSR count). The van der Waals surface area contributed by atoms with E-state index in [0.29, 0.717) is 5.69 Å². The molecule has 1 amide bonds. The first-order valence-electron chi connectivity index (χ1n) is 9.47. The van der Waals surface area contributed by atoms with E-state index >= 15 is 0 Å². The van der Waals surface area contributed by atoms with Crippen molar-refractivity contribution in [2.75, 3.05) is 4.90 Å². The number of carbonyl (C=O) groups is 1. The second kappa shape index (κ2) is 7.56. The molecule has 2 aromatic heterocycles. The van der Waals surface area contributed by atoms with Gasteiger partial charge < -0.3 is 9.67 Å². The van der Waals surface area contributed by atoms with E-state index in [-0.39, 0.29) is 28.8 Å². The van der Waals surface area contributed by atoms with Gasteiger partial charge in [0, 0.05) is 23.8 Å². The molecule has 1 aromatic carbocycles. The van der Waals surface area contributed by atoms with Gasteiger partial charge in [0.2, 0.25) is 5.91 Å². The van der Waals surface area contributed by atoms with Crippen LogP contribution in [0, 0.1) is 12.7 Å². The average molecular weight is 469 g/mol. The number of aliphatic hydroxyl groups is 1. The summed E-state index contributed by atoms with van der Waals surface area (Å²) in [6.45, 7) is 2.78. The fourth-order valence-corrected chi connectivity index (χ4v) is 4.05. The summed E-state index contributed by atoms with van der Waals surface area (Å²) in [4.78, 5) is 22.2. The molecule has 0 bridgehead atoms. The van der Waals surface area contributed by atoms with Gasteiger partial charge in [-0.2, -0.15) is 13.2 Å². The summed E-state index contributed by atoms with van der Waals surface area (Å²) in [5.41, 5.74) is -2.19.